The van der Waals surface area contributed by atoms with Crippen molar-refractivity contribution < 1.29 is 14.3 Å². The van der Waals surface area contributed by atoms with Crippen molar-refractivity contribution in [2.45, 2.75) is 39.2 Å². The quantitative estimate of drug-likeness (QED) is 0.561. The Bertz CT molecular complexity index is 1290. The van der Waals surface area contributed by atoms with Crippen molar-refractivity contribution >= 4 is 51.7 Å². The maximum Gasteiger partial charge on any atom is 0.338 e. The minimum atomic E-state index is -0.694. The SMILES string of the molecule is Cc1ccc(Cl)c(NC(=O)COC(=O)c2ccc3c(=O)n4c(nc3c2)CCCCC4)c1Cl. The highest BCUT2D eigenvalue weighted by Gasteiger charge is 2.17. The van der Waals surface area contributed by atoms with Crippen LogP contribution in [0.1, 0.15) is 41.0 Å². The molecule has 1 amide bonds. The maximum absolute atomic E-state index is 12.8. The van der Waals surface area contributed by atoms with Crippen LogP contribution in [0.15, 0.2) is 35.1 Å². The number of ether oxygens (including phenoxy) is 1. The largest absolute Gasteiger partial charge is 0.452 e. The summed E-state index contributed by atoms with van der Waals surface area (Å²) >= 11 is 12.3. The van der Waals surface area contributed by atoms with Crippen LogP contribution in [0.2, 0.25) is 10.0 Å². The normalized spacial score (nSPS) is 13.3. The molecule has 2 aromatic carbocycles. The number of anilines is 1. The molecule has 1 N–H and O–H groups in total. The van der Waals surface area contributed by atoms with Gasteiger partial charge in [-0.05, 0) is 49.6 Å². The second kappa shape index (κ2) is 9.30. The van der Waals surface area contributed by atoms with E-state index in [1.807, 2.05) is 0 Å². The number of aryl methyl sites for hydroxylation is 2. The molecule has 2 heterocycles. The maximum atomic E-state index is 12.8. The minimum absolute atomic E-state index is 0.0990. The number of amides is 1. The summed E-state index contributed by atoms with van der Waals surface area (Å²) in [6.07, 6.45) is 3.71. The molecule has 9 heteroatoms. The molecule has 0 radical (unpaired) electrons. The Morgan fingerprint density at radius 3 is 2.78 bits per heavy atom. The van der Waals surface area contributed by atoms with Crippen LogP contribution in [-0.4, -0.2) is 28.0 Å². The Hall–Kier alpha value is -2.90. The third-order valence-corrected chi connectivity index (χ3v) is 6.24. The molecular formula is C23H21Cl2N3O4. The number of nitrogens with zero attached hydrogens (tertiary/aromatic N) is 2. The van der Waals surface area contributed by atoms with Crippen molar-refractivity contribution in [3.63, 3.8) is 0 Å². The molecule has 0 unspecified atom stereocenters. The molecular weight excluding hydrogens is 453 g/mol. The number of benzene rings is 2. The number of fused-ring (bicyclic) bond motifs is 2. The molecule has 7 nitrogen and oxygen atoms in total. The summed E-state index contributed by atoms with van der Waals surface area (Å²) in [5.74, 6) is -0.535. The first-order valence-electron chi connectivity index (χ1n) is 10.3. The molecule has 0 saturated heterocycles. The van der Waals surface area contributed by atoms with E-state index < -0.39 is 18.5 Å². The third kappa shape index (κ3) is 4.49. The zero-order valence-electron chi connectivity index (χ0n) is 17.4. The van der Waals surface area contributed by atoms with Crippen molar-refractivity contribution in [3.05, 3.63) is 67.7 Å². The monoisotopic (exact) mass is 473 g/mol. The lowest BCUT2D eigenvalue weighted by molar-refractivity contribution is -0.119. The van der Waals surface area contributed by atoms with Gasteiger partial charge >= 0.3 is 5.97 Å². The number of nitrogens with one attached hydrogen (secondary N) is 1. The molecule has 0 atom stereocenters. The second-order valence-electron chi connectivity index (χ2n) is 7.70. The average Bonchev–Trinajstić information content (AvgIpc) is 3.03. The molecule has 1 aromatic heterocycles. The van der Waals surface area contributed by atoms with E-state index >= 15 is 0 Å². The molecule has 166 valence electrons. The van der Waals surface area contributed by atoms with Crippen LogP contribution < -0.4 is 10.9 Å². The van der Waals surface area contributed by atoms with Crippen molar-refractivity contribution in [2.24, 2.45) is 0 Å². The first kappa shape index (κ1) is 22.3. The van der Waals surface area contributed by atoms with Gasteiger partial charge in [-0.2, -0.15) is 0 Å². The van der Waals surface area contributed by atoms with E-state index in [4.69, 9.17) is 27.9 Å². The lowest BCUT2D eigenvalue weighted by atomic mass is 10.1. The Balaban J connectivity index is 1.49. The molecule has 0 bridgehead atoms. The average molecular weight is 474 g/mol. The van der Waals surface area contributed by atoms with Crippen molar-refractivity contribution in [2.75, 3.05) is 11.9 Å². The first-order valence-corrected chi connectivity index (χ1v) is 11.1. The zero-order valence-corrected chi connectivity index (χ0v) is 18.9. The Labute approximate surface area is 194 Å². The van der Waals surface area contributed by atoms with E-state index in [0.717, 1.165) is 37.1 Å². The van der Waals surface area contributed by atoms with E-state index in [1.165, 1.54) is 12.1 Å². The molecule has 32 heavy (non-hydrogen) atoms. The van der Waals surface area contributed by atoms with Crippen LogP contribution in [0.4, 0.5) is 5.69 Å². The van der Waals surface area contributed by atoms with Crippen molar-refractivity contribution in [1.82, 2.24) is 9.55 Å². The number of esters is 1. The lowest BCUT2D eigenvalue weighted by Gasteiger charge is -2.12. The Kier molecular flexibility index (Phi) is 6.48. The number of halogens is 2. The highest BCUT2D eigenvalue weighted by Crippen LogP contribution is 2.32. The molecule has 0 spiro atoms. The predicted octanol–water partition coefficient (Wildman–Crippen LogP) is 4.53. The van der Waals surface area contributed by atoms with Gasteiger partial charge in [-0.15, -0.1) is 0 Å². The van der Waals surface area contributed by atoms with Crippen LogP contribution in [0.25, 0.3) is 10.9 Å². The fourth-order valence-electron chi connectivity index (χ4n) is 3.71. The number of rotatable bonds is 4. The van der Waals surface area contributed by atoms with Crippen LogP contribution in [0, 0.1) is 6.92 Å². The van der Waals surface area contributed by atoms with Gasteiger partial charge in [0.1, 0.15) is 5.82 Å². The summed E-state index contributed by atoms with van der Waals surface area (Å²) in [5.41, 5.74) is 1.58. The predicted molar refractivity (Wildman–Crippen MR) is 124 cm³/mol. The van der Waals surface area contributed by atoms with Crippen LogP contribution >= 0.6 is 23.2 Å². The summed E-state index contributed by atoms with van der Waals surface area (Å²) in [6, 6.07) is 7.96. The molecule has 0 aliphatic carbocycles. The number of aromatic nitrogens is 2. The van der Waals surface area contributed by atoms with Gasteiger partial charge in [-0.25, -0.2) is 9.78 Å². The van der Waals surface area contributed by atoms with Gasteiger partial charge in [-0.1, -0.05) is 35.7 Å². The van der Waals surface area contributed by atoms with Crippen LogP contribution in [0.5, 0.6) is 0 Å². The Morgan fingerprint density at radius 2 is 1.97 bits per heavy atom. The van der Waals surface area contributed by atoms with E-state index in [9.17, 15) is 14.4 Å². The van der Waals surface area contributed by atoms with Gasteiger partial charge in [-0.3, -0.25) is 14.2 Å². The molecule has 1 aliphatic heterocycles. The van der Waals surface area contributed by atoms with Crippen LogP contribution in [0.3, 0.4) is 0 Å². The summed E-state index contributed by atoms with van der Waals surface area (Å²) in [6.45, 7) is 1.93. The van der Waals surface area contributed by atoms with Gasteiger partial charge in [0.15, 0.2) is 6.61 Å². The standard InChI is InChI=1S/C23H21Cl2N3O4/c1-13-6-9-16(24)21(20(13)25)27-19(29)12-32-23(31)14-7-8-15-17(11-14)26-18-5-3-2-4-10-28(18)22(15)30/h6-9,11H,2-5,10,12H2,1H3,(H,27,29). The van der Waals surface area contributed by atoms with E-state index in [-0.39, 0.29) is 21.8 Å². The number of carbonyl (C=O) groups excluding carboxylic acids is 2. The molecule has 0 saturated carbocycles. The smallest absolute Gasteiger partial charge is 0.338 e. The summed E-state index contributed by atoms with van der Waals surface area (Å²) < 4.78 is 6.86. The lowest BCUT2D eigenvalue weighted by Crippen LogP contribution is -2.25. The molecule has 0 fully saturated rings. The van der Waals surface area contributed by atoms with E-state index in [2.05, 4.69) is 10.3 Å². The fourth-order valence-corrected chi connectivity index (χ4v) is 4.17. The highest BCUT2D eigenvalue weighted by atomic mass is 35.5. The van der Waals surface area contributed by atoms with Gasteiger partial charge in [0, 0.05) is 13.0 Å². The van der Waals surface area contributed by atoms with Gasteiger partial charge < -0.3 is 10.1 Å². The number of carbonyl (C=O) groups is 2. The summed E-state index contributed by atoms with van der Waals surface area (Å²) in [4.78, 5) is 42.2. The summed E-state index contributed by atoms with van der Waals surface area (Å²) in [5, 5.41) is 3.63. The van der Waals surface area contributed by atoms with Gasteiger partial charge in [0.2, 0.25) is 0 Å². The zero-order chi connectivity index (χ0) is 22.8. The van der Waals surface area contributed by atoms with Crippen molar-refractivity contribution in [3.8, 4) is 0 Å². The first-order chi connectivity index (χ1) is 15.3. The van der Waals surface area contributed by atoms with Gasteiger partial charge in [0.05, 0.1) is 32.2 Å². The molecule has 1 aliphatic rings. The number of hydrogen-bond donors (Lipinski definition) is 1. The van der Waals surface area contributed by atoms with E-state index in [1.54, 1.807) is 29.7 Å². The third-order valence-electron chi connectivity index (χ3n) is 5.44. The topological polar surface area (TPSA) is 90.3 Å². The van der Waals surface area contributed by atoms with Gasteiger partial charge in [0.25, 0.3) is 11.5 Å². The van der Waals surface area contributed by atoms with Crippen molar-refractivity contribution in [1.29, 1.82) is 0 Å². The van der Waals surface area contributed by atoms with E-state index in [0.29, 0.717) is 22.5 Å². The fraction of sp³-hybridized carbons (Fsp3) is 0.304. The minimum Gasteiger partial charge on any atom is -0.452 e. The number of hydrogen-bond acceptors (Lipinski definition) is 5. The molecule has 4 rings (SSSR count). The molecule has 3 aromatic rings. The Morgan fingerprint density at radius 1 is 1.16 bits per heavy atom. The highest BCUT2D eigenvalue weighted by molar-refractivity contribution is 6.40. The second-order valence-corrected chi connectivity index (χ2v) is 8.49. The van der Waals surface area contributed by atoms with Crippen LogP contribution in [-0.2, 0) is 22.5 Å². The summed E-state index contributed by atoms with van der Waals surface area (Å²) in [7, 11) is 0.